The molecule has 6 aromatic carbocycles. The minimum atomic E-state index is -0.156. The summed E-state index contributed by atoms with van der Waals surface area (Å²) in [5, 5.41) is 2.51. The first-order chi connectivity index (χ1) is 27.8. The van der Waals surface area contributed by atoms with E-state index < -0.39 is 0 Å². The number of para-hydroxylation sites is 1. The number of aromatic nitrogens is 4. The smallest absolute Gasteiger partial charge is 0.164 e. The fourth-order valence-electron chi connectivity index (χ4n) is 8.65. The van der Waals surface area contributed by atoms with Crippen LogP contribution < -0.4 is 4.74 Å². The molecule has 2 unspecified atom stereocenters. The van der Waals surface area contributed by atoms with Crippen molar-refractivity contribution in [2.45, 2.75) is 24.9 Å². The van der Waals surface area contributed by atoms with E-state index >= 15 is 0 Å². The molecule has 3 aliphatic rings. The quantitative estimate of drug-likeness (QED) is 0.172. The van der Waals surface area contributed by atoms with Crippen LogP contribution in [0.25, 0.3) is 78.4 Å². The van der Waals surface area contributed by atoms with Crippen LogP contribution in [0.2, 0.25) is 0 Å². The van der Waals surface area contributed by atoms with Crippen molar-refractivity contribution in [2.75, 3.05) is 0 Å². The van der Waals surface area contributed by atoms with Gasteiger partial charge in [-0.05, 0) is 59.9 Å². The molecule has 0 fully saturated rings. The van der Waals surface area contributed by atoms with E-state index in [4.69, 9.17) is 19.7 Å². The van der Waals surface area contributed by atoms with Crippen molar-refractivity contribution in [3.05, 3.63) is 193 Å². The van der Waals surface area contributed by atoms with Gasteiger partial charge in [-0.1, -0.05) is 152 Å². The summed E-state index contributed by atoms with van der Waals surface area (Å²) in [5.74, 6) is 2.82. The van der Waals surface area contributed by atoms with Crippen LogP contribution in [-0.2, 0) is 0 Å². The summed E-state index contributed by atoms with van der Waals surface area (Å²) in [6, 6.07) is 50.9. The zero-order chi connectivity index (χ0) is 37.0. The van der Waals surface area contributed by atoms with Gasteiger partial charge in [0.1, 0.15) is 11.9 Å². The monoisotopic (exact) mass is 720 g/mol. The molecule has 0 amide bonds. The summed E-state index contributed by atoms with van der Waals surface area (Å²) in [5.41, 5.74) is 12.6. The Bertz CT molecular complexity index is 2880. The standard InChI is InChI=1S/C51H36N4O/c1-5-15-33(16-6-1)39-23-13-24-40-43-31-36(28-30-44(43)55(48(39)40)38-21-11-4-12-22-38)37-27-29-41-46(32-37)56-45-26-14-25-42(47(41)45)51-53-49(34-17-7-2-8-18-34)52-50(54-51)35-19-9-3-10-20-35/h1-11,13-21,23-32,41,46H,12,22H2. The molecule has 8 aromatic rings. The summed E-state index contributed by atoms with van der Waals surface area (Å²) < 4.78 is 9.24. The van der Waals surface area contributed by atoms with E-state index in [9.17, 15) is 0 Å². The average molecular weight is 721 g/mol. The zero-order valence-electron chi connectivity index (χ0n) is 30.6. The molecule has 2 aromatic heterocycles. The molecule has 56 heavy (non-hydrogen) atoms. The van der Waals surface area contributed by atoms with Crippen molar-refractivity contribution in [3.63, 3.8) is 0 Å². The lowest BCUT2D eigenvalue weighted by Gasteiger charge is -2.20. The summed E-state index contributed by atoms with van der Waals surface area (Å²) in [6.07, 6.45) is 15.5. The van der Waals surface area contributed by atoms with Crippen LogP contribution in [-0.4, -0.2) is 25.6 Å². The second-order valence-corrected chi connectivity index (χ2v) is 14.6. The molecule has 5 heteroatoms. The van der Waals surface area contributed by atoms with Gasteiger partial charge in [0.2, 0.25) is 0 Å². The van der Waals surface area contributed by atoms with Gasteiger partial charge in [0.05, 0.1) is 11.0 Å². The minimum absolute atomic E-state index is 0.0208. The van der Waals surface area contributed by atoms with Crippen molar-refractivity contribution < 1.29 is 4.74 Å². The molecule has 266 valence electrons. The van der Waals surface area contributed by atoms with E-state index in [0.717, 1.165) is 46.4 Å². The highest BCUT2D eigenvalue weighted by Gasteiger charge is 2.36. The molecule has 0 bridgehead atoms. The van der Waals surface area contributed by atoms with Crippen LogP contribution in [0.3, 0.4) is 0 Å². The lowest BCUT2D eigenvalue weighted by molar-refractivity contribution is 0.269. The van der Waals surface area contributed by atoms with E-state index in [1.807, 2.05) is 66.7 Å². The topological polar surface area (TPSA) is 52.8 Å². The van der Waals surface area contributed by atoms with Gasteiger partial charge in [-0.15, -0.1) is 0 Å². The van der Waals surface area contributed by atoms with E-state index in [-0.39, 0.29) is 12.0 Å². The lowest BCUT2D eigenvalue weighted by Crippen LogP contribution is -2.17. The van der Waals surface area contributed by atoms with Crippen molar-refractivity contribution in [1.82, 2.24) is 19.5 Å². The lowest BCUT2D eigenvalue weighted by atomic mass is 9.85. The predicted molar refractivity (Wildman–Crippen MR) is 228 cm³/mol. The van der Waals surface area contributed by atoms with E-state index in [1.165, 1.54) is 44.2 Å². The number of nitrogens with zero attached hydrogens (tertiary/aromatic N) is 4. The predicted octanol–water partition coefficient (Wildman–Crippen LogP) is 12.3. The van der Waals surface area contributed by atoms with Crippen molar-refractivity contribution >= 4 is 33.1 Å². The number of hydrogen-bond acceptors (Lipinski definition) is 4. The Morgan fingerprint density at radius 1 is 0.589 bits per heavy atom. The number of ether oxygens (including phenoxy) is 1. The largest absolute Gasteiger partial charge is 0.485 e. The molecule has 1 aliphatic heterocycles. The van der Waals surface area contributed by atoms with Crippen molar-refractivity contribution in [3.8, 4) is 51.0 Å². The molecule has 2 atom stereocenters. The maximum absolute atomic E-state index is 6.74. The van der Waals surface area contributed by atoms with Gasteiger partial charge in [0, 0.05) is 50.2 Å². The maximum Gasteiger partial charge on any atom is 0.164 e. The van der Waals surface area contributed by atoms with E-state index in [1.54, 1.807) is 0 Å². The molecule has 0 radical (unpaired) electrons. The van der Waals surface area contributed by atoms with Gasteiger partial charge in [0.25, 0.3) is 0 Å². The minimum Gasteiger partial charge on any atom is -0.485 e. The number of hydrogen-bond donors (Lipinski definition) is 0. The van der Waals surface area contributed by atoms with Gasteiger partial charge in [0.15, 0.2) is 17.5 Å². The highest BCUT2D eigenvalue weighted by atomic mass is 16.5. The molecule has 5 nitrogen and oxygen atoms in total. The molecule has 0 saturated carbocycles. The maximum atomic E-state index is 6.74. The number of rotatable bonds is 6. The van der Waals surface area contributed by atoms with Crippen molar-refractivity contribution in [1.29, 1.82) is 0 Å². The summed E-state index contributed by atoms with van der Waals surface area (Å²) in [4.78, 5) is 15.1. The molecule has 0 saturated heterocycles. The highest BCUT2D eigenvalue weighted by molar-refractivity contribution is 6.15. The van der Waals surface area contributed by atoms with Crippen LogP contribution in [0.1, 0.15) is 29.9 Å². The van der Waals surface area contributed by atoms with Gasteiger partial charge in [-0.25, -0.2) is 15.0 Å². The van der Waals surface area contributed by atoms with Crippen LogP contribution in [0.4, 0.5) is 0 Å². The fourth-order valence-corrected chi connectivity index (χ4v) is 8.65. The number of fused-ring (bicyclic) bond motifs is 6. The fraction of sp³-hybridized carbons (Fsp3) is 0.0784. The second kappa shape index (κ2) is 13.3. The van der Waals surface area contributed by atoms with E-state index in [0.29, 0.717) is 17.5 Å². The average Bonchev–Trinajstić information content (AvgIpc) is 3.83. The third-order valence-corrected chi connectivity index (χ3v) is 11.3. The second-order valence-electron chi connectivity index (χ2n) is 14.6. The first-order valence-corrected chi connectivity index (χ1v) is 19.3. The Kier molecular flexibility index (Phi) is 7.69. The van der Waals surface area contributed by atoms with Crippen LogP contribution >= 0.6 is 0 Å². The van der Waals surface area contributed by atoms with Crippen LogP contribution in [0.5, 0.6) is 5.75 Å². The third-order valence-electron chi connectivity index (χ3n) is 11.3. The Hall–Kier alpha value is -7.11. The van der Waals surface area contributed by atoms with Crippen molar-refractivity contribution in [2.24, 2.45) is 0 Å². The van der Waals surface area contributed by atoms with Gasteiger partial charge < -0.3 is 9.30 Å². The normalized spacial score (nSPS) is 17.0. The summed E-state index contributed by atoms with van der Waals surface area (Å²) in [6.45, 7) is 0. The Morgan fingerprint density at radius 2 is 1.27 bits per heavy atom. The van der Waals surface area contributed by atoms with Gasteiger partial charge >= 0.3 is 0 Å². The Balaban J connectivity index is 0.996. The Labute approximate surface area is 325 Å². The third kappa shape index (κ3) is 5.43. The van der Waals surface area contributed by atoms with Crippen LogP contribution in [0.15, 0.2) is 182 Å². The molecular weight excluding hydrogens is 685 g/mol. The SMILES string of the molecule is C1=CCCC(n2c3ccc(C4=CC5Oc6cccc(-c7nc(-c8ccccc8)nc(-c8ccccc8)n7)c6C5C=C4)cc3c3cccc(-c4ccccc4)c32)=C1. The molecule has 3 heterocycles. The number of allylic oxidation sites excluding steroid dienone is 6. The molecule has 11 rings (SSSR count). The highest BCUT2D eigenvalue weighted by Crippen LogP contribution is 2.48. The summed E-state index contributed by atoms with van der Waals surface area (Å²) >= 11 is 0. The zero-order valence-corrected chi connectivity index (χ0v) is 30.6. The molecular formula is C51H36N4O. The first kappa shape index (κ1) is 32.3. The first-order valence-electron chi connectivity index (χ1n) is 19.3. The summed E-state index contributed by atoms with van der Waals surface area (Å²) in [7, 11) is 0. The van der Waals surface area contributed by atoms with Crippen LogP contribution in [0, 0.1) is 0 Å². The van der Waals surface area contributed by atoms with Gasteiger partial charge in [-0.2, -0.15) is 0 Å². The molecule has 2 aliphatic carbocycles. The van der Waals surface area contributed by atoms with Gasteiger partial charge in [-0.3, -0.25) is 0 Å². The Morgan fingerprint density at radius 3 is 1.98 bits per heavy atom. The molecule has 0 spiro atoms. The molecule has 0 N–H and O–H groups in total. The van der Waals surface area contributed by atoms with E-state index in [2.05, 4.69) is 120 Å². The number of benzene rings is 6.